The van der Waals surface area contributed by atoms with E-state index in [1.165, 1.54) is 6.92 Å². The van der Waals surface area contributed by atoms with Crippen molar-refractivity contribution in [2.45, 2.75) is 20.3 Å². The maximum Gasteiger partial charge on any atom is 0.341 e. The van der Waals surface area contributed by atoms with E-state index < -0.39 is 5.97 Å². The van der Waals surface area contributed by atoms with Crippen LogP contribution in [0.4, 0.5) is 0 Å². The third kappa shape index (κ3) is 6.35. The minimum absolute atomic E-state index is 0.156. The molecule has 4 nitrogen and oxygen atoms in total. The van der Waals surface area contributed by atoms with E-state index >= 15 is 0 Å². The van der Waals surface area contributed by atoms with Crippen molar-refractivity contribution in [3.05, 3.63) is 11.6 Å². The van der Waals surface area contributed by atoms with Crippen LogP contribution in [0.25, 0.3) is 0 Å². The Morgan fingerprint density at radius 2 is 1.81 bits per heavy atom. The fourth-order valence-corrected chi connectivity index (χ4v) is 1.06. The van der Waals surface area contributed by atoms with E-state index in [-0.39, 0.29) is 11.4 Å². The van der Waals surface area contributed by atoms with Gasteiger partial charge in [-0.2, -0.15) is 0 Å². The van der Waals surface area contributed by atoms with Gasteiger partial charge in [0.05, 0.1) is 26.7 Å². The molecule has 4 heteroatoms. The average Bonchev–Trinajstić information content (AvgIpc) is 2.11. The lowest BCUT2D eigenvalue weighted by Crippen LogP contribution is -2.38. The summed E-state index contributed by atoms with van der Waals surface area (Å²) in [6.07, 6.45) is 2.26. The quantitative estimate of drug-likeness (QED) is 0.225. The monoisotopic (exact) mass is 228 g/mol. The first-order chi connectivity index (χ1) is 7.28. The van der Waals surface area contributed by atoms with Gasteiger partial charge in [0.2, 0.25) is 0 Å². The number of allylic oxidation sites excluding steroid dienone is 1. The summed E-state index contributed by atoms with van der Waals surface area (Å²) in [5.74, 6) is -0.750. The number of ether oxygens (including phenoxy) is 1. The van der Waals surface area contributed by atoms with Crippen molar-refractivity contribution < 1.29 is 18.8 Å². The maximum atomic E-state index is 11.5. The number of hydrogen-bond donors (Lipinski definition) is 0. The van der Waals surface area contributed by atoms with Crippen LogP contribution in [0.1, 0.15) is 20.3 Å². The van der Waals surface area contributed by atoms with Crippen LogP contribution in [0.2, 0.25) is 0 Å². The van der Waals surface area contributed by atoms with Crippen LogP contribution in [0.15, 0.2) is 11.6 Å². The number of rotatable bonds is 6. The first kappa shape index (κ1) is 14.8. The Morgan fingerprint density at radius 1 is 1.25 bits per heavy atom. The lowest BCUT2D eigenvalue weighted by molar-refractivity contribution is -0.870. The van der Waals surface area contributed by atoms with E-state index in [9.17, 15) is 9.59 Å². The molecule has 0 aliphatic rings. The van der Waals surface area contributed by atoms with Gasteiger partial charge < -0.3 is 9.22 Å². The van der Waals surface area contributed by atoms with E-state index in [2.05, 4.69) is 0 Å². The van der Waals surface area contributed by atoms with Crippen LogP contribution in [-0.2, 0) is 14.3 Å². The second-order valence-corrected chi connectivity index (χ2v) is 4.73. The molecule has 0 aromatic rings. The number of nitrogens with zero attached hydrogens (tertiary/aromatic N) is 1. The number of Topliss-reactive ketones (excluding diaryl/α,β-unsaturated/α-hetero) is 1. The molecule has 0 aliphatic heterocycles. The van der Waals surface area contributed by atoms with Gasteiger partial charge in [0, 0.05) is 0 Å². The van der Waals surface area contributed by atoms with E-state index in [1.54, 1.807) is 6.08 Å². The molecule has 0 aromatic heterocycles. The SMILES string of the molecule is CCC=C(C(C)=O)C(=O)OCC[N+](C)(C)C. The van der Waals surface area contributed by atoms with Crippen molar-refractivity contribution in [2.75, 3.05) is 34.3 Å². The van der Waals surface area contributed by atoms with Gasteiger partial charge in [-0.1, -0.05) is 13.0 Å². The molecule has 0 radical (unpaired) electrons. The predicted molar refractivity (Wildman–Crippen MR) is 62.9 cm³/mol. The van der Waals surface area contributed by atoms with Gasteiger partial charge in [-0.25, -0.2) is 4.79 Å². The van der Waals surface area contributed by atoms with Crippen LogP contribution in [0.3, 0.4) is 0 Å². The molecule has 0 fully saturated rings. The fraction of sp³-hybridized carbons (Fsp3) is 0.667. The molecule has 0 aromatic carbocycles. The lowest BCUT2D eigenvalue weighted by atomic mass is 10.1. The van der Waals surface area contributed by atoms with Crippen molar-refractivity contribution in [3.63, 3.8) is 0 Å². The van der Waals surface area contributed by atoms with Gasteiger partial charge in [-0.05, 0) is 13.3 Å². The van der Waals surface area contributed by atoms with Crippen LogP contribution in [0.5, 0.6) is 0 Å². The third-order valence-corrected chi connectivity index (χ3v) is 2.00. The summed E-state index contributed by atoms with van der Waals surface area (Å²) in [5.41, 5.74) is 0.156. The maximum absolute atomic E-state index is 11.5. The normalized spacial score (nSPS) is 12.4. The lowest BCUT2D eigenvalue weighted by Gasteiger charge is -2.23. The van der Waals surface area contributed by atoms with Crippen molar-refractivity contribution in [2.24, 2.45) is 0 Å². The molecule has 0 saturated carbocycles. The highest BCUT2D eigenvalue weighted by Crippen LogP contribution is 2.02. The zero-order valence-electron chi connectivity index (χ0n) is 10.9. The summed E-state index contributed by atoms with van der Waals surface area (Å²) in [6.45, 7) is 4.31. The number of hydrogen-bond acceptors (Lipinski definition) is 3. The molecular formula is C12H22NO3+. The molecule has 0 heterocycles. The zero-order valence-corrected chi connectivity index (χ0v) is 10.9. The number of esters is 1. The topological polar surface area (TPSA) is 43.4 Å². The highest BCUT2D eigenvalue weighted by Gasteiger charge is 2.16. The molecule has 0 N–H and O–H groups in total. The number of carbonyl (C=O) groups excluding carboxylic acids is 2. The number of likely N-dealkylation sites (N-methyl/N-ethyl adjacent to an activating group) is 1. The van der Waals surface area contributed by atoms with Gasteiger partial charge in [-0.15, -0.1) is 0 Å². The van der Waals surface area contributed by atoms with Gasteiger partial charge in [0.25, 0.3) is 0 Å². The van der Waals surface area contributed by atoms with Crippen molar-refractivity contribution in [1.29, 1.82) is 0 Å². The fourth-order valence-electron chi connectivity index (χ4n) is 1.06. The minimum atomic E-state index is -0.511. The Balaban J connectivity index is 4.24. The van der Waals surface area contributed by atoms with Gasteiger partial charge >= 0.3 is 5.97 Å². The van der Waals surface area contributed by atoms with Crippen LogP contribution in [0, 0.1) is 0 Å². The van der Waals surface area contributed by atoms with Crippen LogP contribution >= 0.6 is 0 Å². The van der Waals surface area contributed by atoms with Crippen molar-refractivity contribution in [1.82, 2.24) is 0 Å². The number of quaternary nitrogens is 1. The highest BCUT2D eigenvalue weighted by molar-refractivity contribution is 6.16. The number of carbonyl (C=O) groups is 2. The summed E-state index contributed by atoms with van der Waals surface area (Å²) in [6, 6.07) is 0. The summed E-state index contributed by atoms with van der Waals surface area (Å²) >= 11 is 0. The molecule has 0 amide bonds. The summed E-state index contributed by atoms with van der Waals surface area (Å²) in [4.78, 5) is 22.7. The Kier molecular flexibility index (Phi) is 5.96. The zero-order chi connectivity index (χ0) is 12.8. The molecule has 92 valence electrons. The van der Waals surface area contributed by atoms with Gasteiger partial charge in [-0.3, -0.25) is 4.79 Å². The Bertz CT molecular complexity index is 287. The van der Waals surface area contributed by atoms with Crippen LogP contribution < -0.4 is 0 Å². The summed E-state index contributed by atoms with van der Waals surface area (Å²) in [7, 11) is 6.05. The molecule has 0 bridgehead atoms. The van der Waals surface area contributed by atoms with E-state index in [0.717, 1.165) is 11.0 Å². The highest BCUT2D eigenvalue weighted by atomic mass is 16.5. The standard InChI is InChI=1S/C12H22NO3/c1-6-7-11(10(2)14)12(15)16-9-8-13(3,4)5/h7H,6,8-9H2,1-5H3/q+1. The molecule has 0 spiro atoms. The second kappa shape index (κ2) is 6.43. The molecule has 16 heavy (non-hydrogen) atoms. The van der Waals surface area contributed by atoms with Gasteiger partial charge in [0.1, 0.15) is 13.2 Å². The predicted octanol–water partition coefficient (Wildman–Crippen LogP) is 1.16. The third-order valence-electron chi connectivity index (χ3n) is 2.00. The average molecular weight is 228 g/mol. The Labute approximate surface area is 97.5 Å². The molecule has 0 atom stereocenters. The summed E-state index contributed by atoms with van der Waals surface area (Å²) < 4.78 is 5.77. The van der Waals surface area contributed by atoms with E-state index in [0.29, 0.717) is 13.0 Å². The minimum Gasteiger partial charge on any atom is -0.456 e. The van der Waals surface area contributed by atoms with Crippen LogP contribution in [-0.4, -0.2) is 50.5 Å². The molecule has 0 aliphatic carbocycles. The molecule has 0 saturated heterocycles. The first-order valence-corrected chi connectivity index (χ1v) is 5.46. The Morgan fingerprint density at radius 3 is 2.19 bits per heavy atom. The van der Waals surface area contributed by atoms with Gasteiger partial charge in [0.15, 0.2) is 5.78 Å². The van der Waals surface area contributed by atoms with Crippen molar-refractivity contribution >= 4 is 11.8 Å². The largest absolute Gasteiger partial charge is 0.456 e. The molecule has 0 rings (SSSR count). The molecular weight excluding hydrogens is 206 g/mol. The second-order valence-electron chi connectivity index (χ2n) is 4.73. The first-order valence-electron chi connectivity index (χ1n) is 5.46. The Hall–Kier alpha value is -1.16. The smallest absolute Gasteiger partial charge is 0.341 e. The molecule has 0 unspecified atom stereocenters. The number of ketones is 1. The van der Waals surface area contributed by atoms with E-state index in [4.69, 9.17) is 4.74 Å². The van der Waals surface area contributed by atoms with Crippen molar-refractivity contribution in [3.8, 4) is 0 Å². The van der Waals surface area contributed by atoms with E-state index in [1.807, 2.05) is 28.1 Å². The summed E-state index contributed by atoms with van der Waals surface area (Å²) in [5, 5.41) is 0.